The SMILES string of the molecule is CC[C@@H](NCCc1ccccc1)C(C)C. The highest BCUT2D eigenvalue weighted by Crippen LogP contribution is 2.05. The molecule has 1 atom stereocenters. The van der Waals surface area contributed by atoms with Crippen LogP contribution in [0.4, 0.5) is 0 Å². The largest absolute Gasteiger partial charge is 0.313 e. The van der Waals surface area contributed by atoms with Crippen LogP contribution >= 0.6 is 0 Å². The van der Waals surface area contributed by atoms with Gasteiger partial charge in [0.15, 0.2) is 0 Å². The Labute approximate surface area is 93.9 Å². The third-order valence-electron chi connectivity index (χ3n) is 2.91. The molecule has 1 heteroatoms. The molecule has 1 nitrogen and oxygen atoms in total. The lowest BCUT2D eigenvalue weighted by molar-refractivity contribution is 0.391. The van der Waals surface area contributed by atoms with Crippen LogP contribution in [-0.4, -0.2) is 12.6 Å². The van der Waals surface area contributed by atoms with Gasteiger partial charge in [-0.25, -0.2) is 0 Å². The van der Waals surface area contributed by atoms with Crippen LogP contribution in [0.2, 0.25) is 0 Å². The molecule has 1 N–H and O–H groups in total. The predicted octanol–water partition coefficient (Wildman–Crippen LogP) is 3.25. The fraction of sp³-hybridized carbons (Fsp3) is 0.571. The molecule has 0 aliphatic heterocycles. The summed E-state index contributed by atoms with van der Waals surface area (Å²) in [6.07, 6.45) is 2.34. The maximum absolute atomic E-state index is 3.62. The summed E-state index contributed by atoms with van der Waals surface area (Å²) in [5, 5.41) is 3.62. The van der Waals surface area contributed by atoms with Gasteiger partial charge in [-0.05, 0) is 30.9 Å². The predicted molar refractivity (Wildman–Crippen MR) is 67.1 cm³/mol. The Morgan fingerprint density at radius 3 is 2.33 bits per heavy atom. The van der Waals surface area contributed by atoms with Crippen molar-refractivity contribution in [2.45, 2.75) is 39.7 Å². The zero-order valence-electron chi connectivity index (χ0n) is 10.2. The van der Waals surface area contributed by atoms with Gasteiger partial charge in [-0.2, -0.15) is 0 Å². The Morgan fingerprint density at radius 1 is 1.13 bits per heavy atom. The van der Waals surface area contributed by atoms with E-state index >= 15 is 0 Å². The molecule has 84 valence electrons. The molecule has 0 aliphatic carbocycles. The maximum atomic E-state index is 3.62. The summed E-state index contributed by atoms with van der Waals surface area (Å²) in [4.78, 5) is 0. The number of nitrogens with one attached hydrogen (secondary N) is 1. The van der Waals surface area contributed by atoms with Gasteiger partial charge in [0, 0.05) is 6.04 Å². The first-order valence-electron chi connectivity index (χ1n) is 6.01. The van der Waals surface area contributed by atoms with E-state index in [0.29, 0.717) is 6.04 Å². The van der Waals surface area contributed by atoms with Gasteiger partial charge in [0.2, 0.25) is 0 Å². The number of hydrogen-bond acceptors (Lipinski definition) is 1. The van der Waals surface area contributed by atoms with Crippen LogP contribution in [0.25, 0.3) is 0 Å². The monoisotopic (exact) mass is 205 g/mol. The normalized spacial score (nSPS) is 13.1. The van der Waals surface area contributed by atoms with Crippen LogP contribution in [0.3, 0.4) is 0 Å². The maximum Gasteiger partial charge on any atom is 0.00875 e. The van der Waals surface area contributed by atoms with Crippen molar-refractivity contribution in [1.82, 2.24) is 5.32 Å². The van der Waals surface area contributed by atoms with Gasteiger partial charge in [0.1, 0.15) is 0 Å². The molecule has 0 spiro atoms. The highest BCUT2D eigenvalue weighted by atomic mass is 14.9. The van der Waals surface area contributed by atoms with Crippen molar-refractivity contribution in [3.63, 3.8) is 0 Å². The molecule has 0 aliphatic rings. The number of hydrogen-bond donors (Lipinski definition) is 1. The molecule has 0 unspecified atom stereocenters. The van der Waals surface area contributed by atoms with Crippen LogP contribution in [-0.2, 0) is 6.42 Å². The van der Waals surface area contributed by atoms with Crippen molar-refractivity contribution < 1.29 is 0 Å². The molecule has 0 fully saturated rings. The first-order valence-corrected chi connectivity index (χ1v) is 6.01. The minimum atomic E-state index is 0.661. The van der Waals surface area contributed by atoms with Gasteiger partial charge in [0.05, 0.1) is 0 Å². The molecule has 1 aromatic carbocycles. The molecule has 0 saturated heterocycles. The van der Waals surface area contributed by atoms with Crippen LogP contribution < -0.4 is 5.32 Å². The van der Waals surface area contributed by atoms with Crippen molar-refractivity contribution in [2.75, 3.05) is 6.54 Å². The van der Waals surface area contributed by atoms with E-state index in [9.17, 15) is 0 Å². The van der Waals surface area contributed by atoms with Crippen molar-refractivity contribution in [3.8, 4) is 0 Å². The molecule has 0 bridgehead atoms. The van der Waals surface area contributed by atoms with E-state index in [1.54, 1.807) is 0 Å². The van der Waals surface area contributed by atoms with Crippen molar-refractivity contribution in [1.29, 1.82) is 0 Å². The molecule has 1 rings (SSSR count). The Hall–Kier alpha value is -0.820. The van der Waals surface area contributed by atoms with E-state index in [-0.39, 0.29) is 0 Å². The molecule has 0 heterocycles. The second kappa shape index (κ2) is 6.62. The Morgan fingerprint density at radius 2 is 1.80 bits per heavy atom. The van der Waals surface area contributed by atoms with Crippen molar-refractivity contribution in [3.05, 3.63) is 35.9 Å². The zero-order valence-corrected chi connectivity index (χ0v) is 10.2. The summed E-state index contributed by atoms with van der Waals surface area (Å²) in [5.74, 6) is 0.728. The highest BCUT2D eigenvalue weighted by molar-refractivity contribution is 5.14. The number of benzene rings is 1. The van der Waals surface area contributed by atoms with E-state index in [0.717, 1.165) is 18.9 Å². The smallest absolute Gasteiger partial charge is 0.00875 e. The molecule has 1 aromatic rings. The average Bonchev–Trinajstić information content (AvgIpc) is 2.25. The van der Waals surface area contributed by atoms with Crippen LogP contribution in [0.5, 0.6) is 0 Å². The Bertz CT molecular complexity index is 253. The van der Waals surface area contributed by atoms with Gasteiger partial charge < -0.3 is 5.32 Å². The molecule has 0 saturated carbocycles. The van der Waals surface area contributed by atoms with E-state index in [1.807, 2.05) is 0 Å². The molecule has 0 aromatic heterocycles. The van der Waals surface area contributed by atoms with E-state index in [4.69, 9.17) is 0 Å². The molecule has 0 radical (unpaired) electrons. The highest BCUT2D eigenvalue weighted by Gasteiger charge is 2.08. The third-order valence-corrected chi connectivity index (χ3v) is 2.91. The van der Waals surface area contributed by atoms with Gasteiger partial charge in [0.25, 0.3) is 0 Å². The minimum Gasteiger partial charge on any atom is -0.313 e. The standard InChI is InChI=1S/C14H23N/c1-4-14(12(2)3)15-11-10-13-8-6-5-7-9-13/h5-9,12,14-15H,4,10-11H2,1-3H3/t14-/m1/s1. The molecular formula is C14H23N. The quantitative estimate of drug-likeness (QED) is 0.751. The molecule has 0 amide bonds. The van der Waals surface area contributed by atoms with E-state index in [2.05, 4.69) is 56.4 Å². The third kappa shape index (κ3) is 4.48. The summed E-state index contributed by atoms with van der Waals surface area (Å²) < 4.78 is 0. The first-order chi connectivity index (χ1) is 7.24. The molecular weight excluding hydrogens is 182 g/mol. The Kier molecular flexibility index (Phi) is 5.41. The fourth-order valence-corrected chi connectivity index (χ4v) is 1.90. The van der Waals surface area contributed by atoms with Crippen molar-refractivity contribution >= 4 is 0 Å². The Balaban J connectivity index is 2.27. The molecule has 15 heavy (non-hydrogen) atoms. The second-order valence-corrected chi connectivity index (χ2v) is 4.45. The summed E-state index contributed by atoms with van der Waals surface area (Å²) in [7, 11) is 0. The average molecular weight is 205 g/mol. The van der Waals surface area contributed by atoms with Crippen molar-refractivity contribution in [2.24, 2.45) is 5.92 Å². The lowest BCUT2D eigenvalue weighted by atomic mass is 10.0. The van der Waals surface area contributed by atoms with Crippen LogP contribution in [0.15, 0.2) is 30.3 Å². The lowest BCUT2D eigenvalue weighted by Gasteiger charge is -2.20. The van der Waals surface area contributed by atoms with Crippen LogP contribution in [0.1, 0.15) is 32.8 Å². The number of rotatable bonds is 6. The topological polar surface area (TPSA) is 12.0 Å². The van der Waals surface area contributed by atoms with E-state index in [1.165, 1.54) is 12.0 Å². The van der Waals surface area contributed by atoms with Gasteiger partial charge in [-0.1, -0.05) is 51.1 Å². The summed E-state index contributed by atoms with van der Waals surface area (Å²) in [6, 6.07) is 11.3. The van der Waals surface area contributed by atoms with Gasteiger partial charge in [-0.15, -0.1) is 0 Å². The zero-order chi connectivity index (χ0) is 11.1. The fourth-order valence-electron chi connectivity index (χ4n) is 1.90. The van der Waals surface area contributed by atoms with Gasteiger partial charge >= 0.3 is 0 Å². The van der Waals surface area contributed by atoms with Gasteiger partial charge in [-0.3, -0.25) is 0 Å². The summed E-state index contributed by atoms with van der Waals surface area (Å²) in [5.41, 5.74) is 1.42. The summed E-state index contributed by atoms with van der Waals surface area (Å²) in [6.45, 7) is 7.90. The first kappa shape index (κ1) is 12.3. The minimum absolute atomic E-state index is 0.661. The summed E-state index contributed by atoms with van der Waals surface area (Å²) >= 11 is 0. The van der Waals surface area contributed by atoms with Crippen LogP contribution in [0, 0.1) is 5.92 Å². The lowest BCUT2D eigenvalue weighted by Crippen LogP contribution is -2.34. The van der Waals surface area contributed by atoms with E-state index < -0.39 is 0 Å². The second-order valence-electron chi connectivity index (χ2n) is 4.45.